The molecule has 0 saturated heterocycles. The lowest BCUT2D eigenvalue weighted by atomic mass is 10.3. The normalized spacial score (nSPS) is 11.8. The molecule has 0 atom stereocenters. The predicted molar refractivity (Wildman–Crippen MR) is 76.8 cm³/mol. The van der Waals surface area contributed by atoms with Crippen LogP contribution in [0.3, 0.4) is 0 Å². The van der Waals surface area contributed by atoms with Crippen LogP contribution in [0.5, 0.6) is 0 Å². The fourth-order valence-corrected chi connectivity index (χ4v) is 3.59. The summed E-state index contributed by atoms with van der Waals surface area (Å²) in [6.45, 7) is 2.29. The predicted octanol–water partition coefficient (Wildman–Crippen LogP) is 2.34. The van der Waals surface area contributed by atoms with E-state index in [9.17, 15) is 8.42 Å². The highest BCUT2D eigenvalue weighted by atomic mass is 35.5. The maximum atomic E-state index is 12.6. The Balaban J connectivity index is 2.34. The summed E-state index contributed by atoms with van der Waals surface area (Å²) in [6.07, 6.45) is 3.09. The Bertz CT molecular complexity index is 677. The highest BCUT2D eigenvalue weighted by Crippen LogP contribution is 2.23. The van der Waals surface area contributed by atoms with Gasteiger partial charge in [0.2, 0.25) is 10.0 Å². The fourth-order valence-electron chi connectivity index (χ4n) is 1.74. The third-order valence-electron chi connectivity index (χ3n) is 2.76. The number of rotatable bonds is 5. The van der Waals surface area contributed by atoms with Crippen LogP contribution in [0.2, 0.25) is 5.15 Å². The molecule has 2 rings (SSSR count). The van der Waals surface area contributed by atoms with E-state index in [1.54, 1.807) is 31.3 Å². The van der Waals surface area contributed by atoms with Crippen molar-refractivity contribution in [1.29, 1.82) is 0 Å². The SMILES string of the molecule is CCN(Cc1ccccn1)S(=O)(=O)c1cccnc1Cl. The van der Waals surface area contributed by atoms with Crippen molar-refractivity contribution < 1.29 is 8.42 Å². The Kier molecular flexibility index (Phi) is 4.69. The van der Waals surface area contributed by atoms with Gasteiger partial charge >= 0.3 is 0 Å². The molecule has 0 bridgehead atoms. The number of pyridine rings is 2. The molecule has 0 spiro atoms. The summed E-state index contributed by atoms with van der Waals surface area (Å²) in [5.74, 6) is 0. The van der Waals surface area contributed by atoms with Crippen LogP contribution in [-0.2, 0) is 16.6 Å². The number of hydrogen-bond acceptors (Lipinski definition) is 4. The van der Waals surface area contributed by atoms with Crippen molar-refractivity contribution in [3.63, 3.8) is 0 Å². The first-order valence-electron chi connectivity index (χ1n) is 6.06. The third kappa shape index (κ3) is 3.15. The standard InChI is InChI=1S/C13H14ClN3O2S/c1-2-17(10-11-6-3-4-8-15-11)20(18,19)12-7-5-9-16-13(12)14/h3-9H,2,10H2,1H3. The van der Waals surface area contributed by atoms with Crippen LogP contribution in [0.15, 0.2) is 47.6 Å². The van der Waals surface area contributed by atoms with Crippen molar-refractivity contribution >= 4 is 21.6 Å². The van der Waals surface area contributed by atoms with Gasteiger partial charge in [0.05, 0.1) is 12.2 Å². The Morgan fingerprint density at radius 3 is 2.50 bits per heavy atom. The molecule has 0 aliphatic heterocycles. The number of aromatic nitrogens is 2. The van der Waals surface area contributed by atoms with Crippen molar-refractivity contribution in [3.05, 3.63) is 53.6 Å². The molecule has 0 unspecified atom stereocenters. The van der Waals surface area contributed by atoms with Gasteiger partial charge in [-0.1, -0.05) is 24.6 Å². The van der Waals surface area contributed by atoms with Gasteiger partial charge < -0.3 is 0 Å². The Hall–Kier alpha value is -1.50. The van der Waals surface area contributed by atoms with Crippen molar-refractivity contribution in [1.82, 2.24) is 14.3 Å². The topological polar surface area (TPSA) is 63.2 Å². The highest BCUT2D eigenvalue weighted by Gasteiger charge is 2.26. The van der Waals surface area contributed by atoms with Gasteiger partial charge in [0.25, 0.3) is 0 Å². The molecule has 0 amide bonds. The molecule has 0 radical (unpaired) electrons. The second-order valence-electron chi connectivity index (χ2n) is 4.04. The quantitative estimate of drug-likeness (QED) is 0.795. The molecule has 7 heteroatoms. The van der Waals surface area contributed by atoms with Gasteiger partial charge in [-0.3, -0.25) is 4.98 Å². The van der Waals surface area contributed by atoms with E-state index in [1.807, 2.05) is 6.07 Å². The molecule has 5 nitrogen and oxygen atoms in total. The number of hydrogen-bond donors (Lipinski definition) is 0. The third-order valence-corrected chi connectivity index (χ3v) is 5.13. The van der Waals surface area contributed by atoms with Crippen molar-refractivity contribution in [2.24, 2.45) is 0 Å². The Morgan fingerprint density at radius 2 is 1.90 bits per heavy atom. The molecule has 0 saturated carbocycles. The van der Waals surface area contributed by atoms with E-state index in [1.165, 1.54) is 16.6 Å². The summed E-state index contributed by atoms with van der Waals surface area (Å²) in [6, 6.07) is 8.38. The van der Waals surface area contributed by atoms with E-state index in [0.717, 1.165) is 0 Å². The highest BCUT2D eigenvalue weighted by molar-refractivity contribution is 7.89. The van der Waals surface area contributed by atoms with Gasteiger partial charge in [-0.2, -0.15) is 4.31 Å². The molecule has 0 N–H and O–H groups in total. The zero-order chi connectivity index (χ0) is 14.6. The monoisotopic (exact) mass is 311 g/mol. The Morgan fingerprint density at radius 1 is 1.15 bits per heavy atom. The van der Waals surface area contributed by atoms with Crippen LogP contribution >= 0.6 is 11.6 Å². The lowest BCUT2D eigenvalue weighted by Crippen LogP contribution is -2.31. The molecule has 0 aliphatic rings. The lowest BCUT2D eigenvalue weighted by molar-refractivity contribution is 0.419. The van der Waals surface area contributed by atoms with E-state index < -0.39 is 10.0 Å². The van der Waals surface area contributed by atoms with E-state index in [2.05, 4.69) is 9.97 Å². The first-order valence-corrected chi connectivity index (χ1v) is 7.88. The zero-order valence-electron chi connectivity index (χ0n) is 10.9. The minimum absolute atomic E-state index is 0.0134. The smallest absolute Gasteiger partial charge is 0.246 e. The molecule has 0 aromatic carbocycles. The first kappa shape index (κ1) is 14.9. The summed E-state index contributed by atoms with van der Waals surface area (Å²) in [7, 11) is -3.68. The minimum Gasteiger partial charge on any atom is -0.260 e. The molecule has 2 heterocycles. The summed E-state index contributed by atoms with van der Waals surface area (Å²) in [4.78, 5) is 7.97. The molecule has 2 aromatic heterocycles. The molecular weight excluding hydrogens is 298 g/mol. The molecule has 2 aromatic rings. The van der Waals surface area contributed by atoms with Gasteiger partial charge in [0, 0.05) is 18.9 Å². The van der Waals surface area contributed by atoms with E-state index in [-0.39, 0.29) is 16.6 Å². The fraction of sp³-hybridized carbons (Fsp3) is 0.231. The van der Waals surface area contributed by atoms with Crippen LogP contribution in [0.25, 0.3) is 0 Å². The van der Waals surface area contributed by atoms with Gasteiger partial charge in [0.1, 0.15) is 10.0 Å². The molecule has 20 heavy (non-hydrogen) atoms. The summed E-state index contributed by atoms with van der Waals surface area (Å²) < 4.78 is 26.4. The summed E-state index contributed by atoms with van der Waals surface area (Å²) in [5.41, 5.74) is 0.679. The van der Waals surface area contributed by atoms with Crippen molar-refractivity contribution in [2.45, 2.75) is 18.4 Å². The van der Waals surface area contributed by atoms with Crippen molar-refractivity contribution in [2.75, 3.05) is 6.54 Å². The number of sulfonamides is 1. The first-order chi connectivity index (χ1) is 9.55. The summed E-state index contributed by atoms with van der Waals surface area (Å²) >= 11 is 5.88. The maximum Gasteiger partial charge on any atom is 0.246 e. The number of nitrogens with zero attached hydrogens (tertiary/aromatic N) is 3. The summed E-state index contributed by atoms with van der Waals surface area (Å²) in [5, 5.41) is -0.0213. The van der Waals surface area contributed by atoms with Crippen LogP contribution in [0.1, 0.15) is 12.6 Å². The van der Waals surface area contributed by atoms with Gasteiger partial charge in [-0.15, -0.1) is 0 Å². The van der Waals surface area contributed by atoms with Crippen molar-refractivity contribution in [3.8, 4) is 0 Å². The van der Waals surface area contributed by atoms with Crippen LogP contribution in [-0.4, -0.2) is 29.2 Å². The second kappa shape index (κ2) is 6.30. The van der Waals surface area contributed by atoms with Crippen LogP contribution in [0, 0.1) is 0 Å². The minimum atomic E-state index is -3.68. The average molecular weight is 312 g/mol. The molecule has 0 fully saturated rings. The number of halogens is 1. The van der Waals surface area contributed by atoms with Crippen LogP contribution in [0.4, 0.5) is 0 Å². The van der Waals surface area contributed by atoms with E-state index in [4.69, 9.17) is 11.6 Å². The largest absolute Gasteiger partial charge is 0.260 e. The molecular formula is C13H14ClN3O2S. The second-order valence-corrected chi connectivity index (χ2v) is 6.31. The van der Waals surface area contributed by atoms with E-state index in [0.29, 0.717) is 12.2 Å². The average Bonchev–Trinajstić information content (AvgIpc) is 2.46. The zero-order valence-corrected chi connectivity index (χ0v) is 12.5. The van der Waals surface area contributed by atoms with Gasteiger partial charge in [-0.05, 0) is 24.3 Å². The maximum absolute atomic E-state index is 12.6. The van der Waals surface area contributed by atoms with Crippen LogP contribution < -0.4 is 0 Å². The Labute approximate surface area is 123 Å². The molecule has 0 aliphatic carbocycles. The lowest BCUT2D eigenvalue weighted by Gasteiger charge is -2.20. The molecule has 106 valence electrons. The van der Waals surface area contributed by atoms with Gasteiger partial charge in [0.15, 0.2) is 0 Å². The van der Waals surface area contributed by atoms with Gasteiger partial charge in [-0.25, -0.2) is 13.4 Å². The van der Waals surface area contributed by atoms with E-state index >= 15 is 0 Å².